The first-order valence-corrected chi connectivity index (χ1v) is 7.49. The first-order valence-electron chi connectivity index (χ1n) is 6.41. The standard InChI is InChI=1S/C15H13IN4O2/c16-13-6-2-1-5-12(13)15(22)18-10-14(21)20-19-9-11-4-3-7-17-8-11/h1-9H,10H2,(H,18,22)(H,20,21)/b19-9-. The van der Waals surface area contributed by atoms with Crippen LogP contribution in [0.4, 0.5) is 0 Å². The van der Waals surface area contributed by atoms with Gasteiger partial charge in [0.2, 0.25) is 0 Å². The fraction of sp³-hybridized carbons (Fsp3) is 0.0667. The van der Waals surface area contributed by atoms with Crippen LogP contribution >= 0.6 is 22.6 Å². The van der Waals surface area contributed by atoms with Gasteiger partial charge in [0.1, 0.15) is 0 Å². The number of rotatable bonds is 5. The molecule has 2 amide bonds. The molecule has 22 heavy (non-hydrogen) atoms. The van der Waals surface area contributed by atoms with Crippen molar-refractivity contribution in [3.8, 4) is 0 Å². The summed E-state index contributed by atoms with van der Waals surface area (Å²) >= 11 is 2.07. The minimum atomic E-state index is -0.403. The molecule has 1 heterocycles. The van der Waals surface area contributed by atoms with Crippen LogP contribution in [0, 0.1) is 3.57 Å². The lowest BCUT2D eigenvalue weighted by Gasteiger charge is -2.05. The molecule has 0 aliphatic carbocycles. The zero-order valence-corrected chi connectivity index (χ0v) is 13.6. The van der Waals surface area contributed by atoms with Crippen molar-refractivity contribution in [1.82, 2.24) is 15.7 Å². The Hall–Kier alpha value is -2.29. The van der Waals surface area contributed by atoms with Gasteiger partial charge < -0.3 is 5.32 Å². The third kappa shape index (κ3) is 4.92. The molecule has 0 atom stereocenters. The van der Waals surface area contributed by atoms with Gasteiger partial charge in [-0.1, -0.05) is 18.2 Å². The van der Waals surface area contributed by atoms with Crippen molar-refractivity contribution < 1.29 is 9.59 Å². The Morgan fingerprint density at radius 1 is 1.23 bits per heavy atom. The Bertz CT molecular complexity index is 689. The molecule has 0 spiro atoms. The second-order valence-corrected chi connectivity index (χ2v) is 5.40. The van der Waals surface area contributed by atoms with E-state index in [1.807, 2.05) is 18.2 Å². The molecule has 0 aliphatic rings. The number of benzene rings is 1. The van der Waals surface area contributed by atoms with Gasteiger partial charge in [0.15, 0.2) is 0 Å². The van der Waals surface area contributed by atoms with Crippen molar-refractivity contribution in [2.75, 3.05) is 6.54 Å². The Balaban J connectivity index is 1.80. The van der Waals surface area contributed by atoms with E-state index in [0.717, 1.165) is 9.13 Å². The molecule has 1 aromatic heterocycles. The fourth-order valence-corrected chi connectivity index (χ4v) is 2.20. The predicted octanol–water partition coefficient (Wildman–Crippen LogP) is 1.57. The van der Waals surface area contributed by atoms with Crippen LogP contribution in [0.5, 0.6) is 0 Å². The number of hydrazone groups is 1. The van der Waals surface area contributed by atoms with Crippen molar-refractivity contribution in [3.05, 3.63) is 63.5 Å². The summed E-state index contributed by atoms with van der Waals surface area (Å²) in [7, 11) is 0. The van der Waals surface area contributed by atoms with Gasteiger partial charge in [-0.2, -0.15) is 5.10 Å². The Morgan fingerprint density at radius 2 is 2.05 bits per heavy atom. The molecule has 0 saturated heterocycles. The number of hydrogen-bond acceptors (Lipinski definition) is 4. The molecule has 1 aromatic carbocycles. The lowest BCUT2D eigenvalue weighted by molar-refractivity contribution is -0.120. The fourth-order valence-electron chi connectivity index (χ4n) is 1.57. The number of nitrogens with zero attached hydrogens (tertiary/aromatic N) is 2. The summed E-state index contributed by atoms with van der Waals surface area (Å²) in [5, 5.41) is 6.34. The van der Waals surface area contributed by atoms with Crippen LogP contribution in [0.1, 0.15) is 15.9 Å². The summed E-state index contributed by atoms with van der Waals surface area (Å²) in [6.45, 7) is -0.145. The van der Waals surface area contributed by atoms with E-state index in [0.29, 0.717) is 5.56 Å². The zero-order valence-electron chi connectivity index (χ0n) is 11.5. The molecule has 112 valence electrons. The number of carbonyl (C=O) groups excluding carboxylic acids is 2. The van der Waals surface area contributed by atoms with E-state index in [1.165, 1.54) is 6.21 Å². The highest BCUT2D eigenvalue weighted by atomic mass is 127. The number of amides is 2. The molecular weight excluding hydrogens is 395 g/mol. The highest BCUT2D eigenvalue weighted by Gasteiger charge is 2.10. The van der Waals surface area contributed by atoms with Crippen LogP contribution in [0.2, 0.25) is 0 Å². The Labute approximate surface area is 141 Å². The van der Waals surface area contributed by atoms with Crippen molar-refractivity contribution in [1.29, 1.82) is 0 Å². The van der Waals surface area contributed by atoms with Gasteiger partial charge in [0.25, 0.3) is 11.8 Å². The minimum absolute atomic E-state index is 0.145. The zero-order chi connectivity index (χ0) is 15.8. The van der Waals surface area contributed by atoms with Crippen molar-refractivity contribution >= 4 is 40.6 Å². The molecule has 6 nitrogen and oxygen atoms in total. The van der Waals surface area contributed by atoms with Crippen LogP contribution in [0.3, 0.4) is 0 Å². The molecule has 0 aliphatic heterocycles. The maximum Gasteiger partial charge on any atom is 0.259 e. The molecule has 0 radical (unpaired) electrons. The van der Waals surface area contributed by atoms with Crippen molar-refractivity contribution in [2.45, 2.75) is 0 Å². The monoisotopic (exact) mass is 408 g/mol. The van der Waals surface area contributed by atoms with Crippen LogP contribution in [-0.4, -0.2) is 29.6 Å². The molecule has 2 aromatic rings. The molecule has 0 fully saturated rings. The molecule has 7 heteroatoms. The number of aromatic nitrogens is 1. The van der Waals surface area contributed by atoms with Crippen molar-refractivity contribution in [2.24, 2.45) is 5.10 Å². The number of halogens is 1. The normalized spacial score (nSPS) is 10.4. The quantitative estimate of drug-likeness (QED) is 0.448. The number of nitrogens with one attached hydrogen (secondary N) is 2. The largest absolute Gasteiger partial charge is 0.343 e. The topological polar surface area (TPSA) is 83.5 Å². The SMILES string of the molecule is O=C(CNC(=O)c1ccccc1I)N/N=C\c1cccnc1. The first kappa shape index (κ1) is 16.1. The molecule has 2 N–H and O–H groups in total. The van der Waals surface area contributed by atoms with E-state index in [-0.39, 0.29) is 12.5 Å². The Morgan fingerprint density at radius 3 is 2.77 bits per heavy atom. The smallest absolute Gasteiger partial charge is 0.259 e. The van der Waals surface area contributed by atoms with Crippen LogP contribution in [0.15, 0.2) is 53.9 Å². The van der Waals surface area contributed by atoms with Gasteiger partial charge in [0, 0.05) is 21.5 Å². The summed E-state index contributed by atoms with van der Waals surface area (Å²) in [5.41, 5.74) is 3.64. The van der Waals surface area contributed by atoms with Gasteiger partial charge in [-0.25, -0.2) is 5.43 Å². The molecule has 0 unspecified atom stereocenters. The second kappa shape index (κ2) is 8.23. The number of pyridine rings is 1. The van der Waals surface area contributed by atoms with E-state index in [4.69, 9.17) is 0 Å². The van der Waals surface area contributed by atoms with Gasteiger partial charge in [-0.05, 0) is 40.8 Å². The molecule has 2 rings (SSSR count). The van der Waals surface area contributed by atoms with Gasteiger partial charge in [-0.3, -0.25) is 14.6 Å². The second-order valence-electron chi connectivity index (χ2n) is 4.24. The minimum Gasteiger partial charge on any atom is -0.343 e. The summed E-state index contributed by atoms with van der Waals surface area (Å²) in [5.74, 6) is -0.698. The van der Waals surface area contributed by atoms with E-state index in [9.17, 15) is 9.59 Å². The van der Waals surface area contributed by atoms with Gasteiger partial charge in [-0.15, -0.1) is 0 Å². The average Bonchev–Trinajstić information content (AvgIpc) is 2.54. The summed E-state index contributed by atoms with van der Waals surface area (Å²) < 4.78 is 0.826. The van der Waals surface area contributed by atoms with Crippen molar-refractivity contribution in [3.63, 3.8) is 0 Å². The molecule has 0 saturated carbocycles. The van der Waals surface area contributed by atoms with Gasteiger partial charge >= 0.3 is 0 Å². The lowest BCUT2D eigenvalue weighted by atomic mass is 10.2. The van der Waals surface area contributed by atoms with Gasteiger partial charge in [0.05, 0.1) is 18.3 Å². The summed E-state index contributed by atoms with van der Waals surface area (Å²) in [6, 6.07) is 10.7. The number of carbonyl (C=O) groups is 2. The predicted molar refractivity (Wildman–Crippen MR) is 91.5 cm³/mol. The van der Waals surface area contributed by atoms with Crippen LogP contribution in [-0.2, 0) is 4.79 Å². The maximum absolute atomic E-state index is 11.9. The lowest BCUT2D eigenvalue weighted by Crippen LogP contribution is -2.35. The molecular formula is C15H13IN4O2. The summed E-state index contributed by atoms with van der Waals surface area (Å²) in [6.07, 6.45) is 4.75. The van der Waals surface area contributed by atoms with Crippen LogP contribution < -0.4 is 10.7 Å². The highest BCUT2D eigenvalue weighted by molar-refractivity contribution is 14.1. The molecule has 0 bridgehead atoms. The van der Waals surface area contributed by atoms with E-state index in [1.54, 1.807) is 30.6 Å². The van der Waals surface area contributed by atoms with E-state index < -0.39 is 5.91 Å². The average molecular weight is 408 g/mol. The third-order valence-corrected chi connectivity index (χ3v) is 3.56. The first-order chi connectivity index (χ1) is 10.7. The summed E-state index contributed by atoms with van der Waals surface area (Å²) in [4.78, 5) is 27.4. The van der Waals surface area contributed by atoms with Crippen LogP contribution in [0.25, 0.3) is 0 Å². The number of hydrogen-bond donors (Lipinski definition) is 2. The maximum atomic E-state index is 11.9. The highest BCUT2D eigenvalue weighted by Crippen LogP contribution is 2.10. The Kier molecular flexibility index (Phi) is 6.01. The van der Waals surface area contributed by atoms with E-state index in [2.05, 4.69) is 43.4 Å². The van der Waals surface area contributed by atoms with E-state index >= 15 is 0 Å². The third-order valence-electron chi connectivity index (χ3n) is 2.62.